The number of amides is 1. The molecule has 1 amide bonds. The summed E-state index contributed by atoms with van der Waals surface area (Å²) >= 11 is 3.44. The number of rotatable bonds is 6. The maximum Gasteiger partial charge on any atom is 0.246 e. The van der Waals surface area contributed by atoms with Gasteiger partial charge in [-0.3, -0.25) is 4.79 Å². The Bertz CT molecular complexity index is 729. The second-order valence-electron chi connectivity index (χ2n) is 5.25. The molecular weight excluding hydrogens is 370 g/mol. The minimum atomic E-state index is -0.0650. The fourth-order valence-corrected chi connectivity index (χ4v) is 2.89. The van der Waals surface area contributed by atoms with E-state index in [0.29, 0.717) is 18.0 Å². The van der Waals surface area contributed by atoms with Gasteiger partial charge in [0.05, 0.1) is 18.7 Å². The maximum absolute atomic E-state index is 12.3. The van der Waals surface area contributed by atoms with Crippen LogP contribution >= 0.6 is 15.9 Å². The maximum atomic E-state index is 12.3. The summed E-state index contributed by atoms with van der Waals surface area (Å²) in [6, 6.07) is 13.6. The van der Waals surface area contributed by atoms with Gasteiger partial charge in [-0.2, -0.15) is 0 Å². The SMILES string of the molecule is COc1cc(/C=C/C(=O)N(C)Cc2ccccc2)cc(Br)c1OC. The largest absolute Gasteiger partial charge is 0.493 e. The van der Waals surface area contributed by atoms with Crippen molar-refractivity contribution in [3.63, 3.8) is 0 Å². The van der Waals surface area contributed by atoms with Crippen molar-refractivity contribution in [2.24, 2.45) is 0 Å². The molecule has 5 heteroatoms. The lowest BCUT2D eigenvalue weighted by Crippen LogP contribution is -2.24. The van der Waals surface area contributed by atoms with Crippen LogP contribution in [0.2, 0.25) is 0 Å². The number of likely N-dealkylation sites (N-methyl/N-ethyl adjacent to an activating group) is 1. The topological polar surface area (TPSA) is 38.8 Å². The van der Waals surface area contributed by atoms with Crippen LogP contribution in [0.25, 0.3) is 6.08 Å². The van der Waals surface area contributed by atoms with E-state index in [2.05, 4.69) is 15.9 Å². The van der Waals surface area contributed by atoms with E-state index in [1.807, 2.05) is 42.5 Å². The van der Waals surface area contributed by atoms with Gasteiger partial charge >= 0.3 is 0 Å². The molecule has 0 bridgehead atoms. The molecule has 0 atom stereocenters. The van der Waals surface area contributed by atoms with Gasteiger partial charge in [0.25, 0.3) is 0 Å². The van der Waals surface area contributed by atoms with Crippen LogP contribution in [0.4, 0.5) is 0 Å². The zero-order valence-electron chi connectivity index (χ0n) is 14.0. The van der Waals surface area contributed by atoms with Crippen LogP contribution in [0.3, 0.4) is 0 Å². The summed E-state index contributed by atoms with van der Waals surface area (Å²) in [4.78, 5) is 13.9. The summed E-state index contributed by atoms with van der Waals surface area (Å²) in [5, 5.41) is 0. The Hall–Kier alpha value is -2.27. The number of hydrogen-bond acceptors (Lipinski definition) is 3. The first kappa shape index (κ1) is 18.1. The van der Waals surface area contributed by atoms with E-state index in [1.54, 1.807) is 38.3 Å². The van der Waals surface area contributed by atoms with Gasteiger partial charge in [-0.25, -0.2) is 0 Å². The van der Waals surface area contributed by atoms with Gasteiger partial charge in [0.2, 0.25) is 5.91 Å². The monoisotopic (exact) mass is 389 g/mol. The molecule has 0 radical (unpaired) electrons. The third-order valence-electron chi connectivity index (χ3n) is 3.51. The number of carbonyl (C=O) groups excluding carboxylic acids is 1. The Kier molecular flexibility index (Phi) is 6.44. The van der Waals surface area contributed by atoms with Crippen LogP contribution in [-0.2, 0) is 11.3 Å². The number of hydrogen-bond donors (Lipinski definition) is 0. The van der Waals surface area contributed by atoms with E-state index in [9.17, 15) is 4.79 Å². The highest BCUT2D eigenvalue weighted by molar-refractivity contribution is 9.10. The summed E-state index contributed by atoms with van der Waals surface area (Å²) in [6.07, 6.45) is 3.31. The second kappa shape index (κ2) is 8.55. The van der Waals surface area contributed by atoms with Gasteiger partial charge in [0.1, 0.15) is 0 Å². The standard InChI is InChI=1S/C19H20BrNO3/c1-21(13-14-7-5-4-6-8-14)18(22)10-9-15-11-16(20)19(24-3)17(12-15)23-2/h4-12H,13H2,1-3H3/b10-9+. The summed E-state index contributed by atoms with van der Waals surface area (Å²) < 4.78 is 11.4. The molecule has 0 aliphatic rings. The zero-order chi connectivity index (χ0) is 17.5. The van der Waals surface area contributed by atoms with Crippen LogP contribution in [0.15, 0.2) is 53.0 Å². The molecule has 0 saturated carbocycles. The highest BCUT2D eigenvalue weighted by Crippen LogP contribution is 2.36. The second-order valence-corrected chi connectivity index (χ2v) is 6.11. The predicted octanol–water partition coefficient (Wildman–Crippen LogP) is 4.14. The van der Waals surface area contributed by atoms with Gasteiger partial charge in [-0.05, 0) is 45.3 Å². The van der Waals surface area contributed by atoms with Gasteiger partial charge < -0.3 is 14.4 Å². The van der Waals surface area contributed by atoms with Crippen LogP contribution in [0, 0.1) is 0 Å². The summed E-state index contributed by atoms with van der Waals surface area (Å²) in [5.74, 6) is 1.17. The quantitative estimate of drug-likeness (QED) is 0.696. The van der Waals surface area contributed by atoms with Gasteiger partial charge in [0.15, 0.2) is 11.5 Å². The molecule has 0 aliphatic carbocycles. The molecular formula is C19H20BrNO3. The summed E-state index contributed by atoms with van der Waals surface area (Å²) in [5.41, 5.74) is 1.94. The number of carbonyl (C=O) groups is 1. The average molecular weight is 390 g/mol. The van der Waals surface area contributed by atoms with E-state index in [4.69, 9.17) is 9.47 Å². The minimum absolute atomic E-state index is 0.0650. The Morgan fingerprint density at radius 2 is 1.88 bits per heavy atom. The van der Waals surface area contributed by atoms with E-state index < -0.39 is 0 Å². The van der Waals surface area contributed by atoms with Crippen molar-refractivity contribution in [3.8, 4) is 11.5 Å². The fraction of sp³-hybridized carbons (Fsp3) is 0.211. The van der Waals surface area contributed by atoms with Crippen molar-refractivity contribution in [3.05, 3.63) is 64.1 Å². The highest BCUT2D eigenvalue weighted by atomic mass is 79.9. The van der Waals surface area contributed by atoms with Crippen molar-refractivity contribution in [1.82, 2.24) is 4.90 Å². The fourth-order valence-electron chi connectivity index (χ4n) is 2.26. The molecule has 0 saturated heterocycles. The number of nitrogens with zero attached hydrogens (tertiary/aromatic N) is 1. The molecule has 126 valence electrons. The molecule has 0 unspecified atom stereocenters. The van der Waals surface area contributed by atoms with Gasteiger partial charge in [-0.1, -0.05) is 30.3 Å². The van der Waals surface area contributed by atoms with E-state index >= 15 is 0 Å². The average Bonchev–Trinajstić information content (AvgIpc) is 2.59. The van der Waals surface area contributed by atoms with Gasteiger partial charge in [-0.15, -0.1) is 0 Å². The molecule has 0 aromatic heterocycles. The molecule has 0 aliphatic heterocycles. The first-order chi connectivity index (χ1) is 11.5. The first-order valence-electron chi connectivity index (χ1n) is 7.43. The summed E-state index contributed by atoms with van der Waals surface area (Å²) in [7, 11) is 4.95. The highest BCUT2D eigenvalue weighted by Gasteiger charge is 2.10. The predicted molar refractivity (Wildman–Crippen MR) is 99.2 cm³/mol. The van der Waals surface area contributed by atoms with Crippen LogP contribution in [-0.4, -0.2) is 32.1 Å². The number of methoxy groups -OCH3 is 2. The zero-order valence-corrected chi connectivity index (χ0v) is 15.5. The third kappa shape index (κ3) is 4.61. The van der Waals surface area contributed by atoms with Crippen LogP contribution in [0.5, 0.6) is 11.5 Å². The Morgan fingerprint density at radius 1 is 1.17 bits per heavy atom. The van der Waals surface area contributed by atoms with Crippen molar-refractivity contribution in [2.75, 3.05) is 21.3 Å². The molecule has 0 heterocycles. The number of benzene rings is 2. The lowest BCUT2D eigenvalue weighted by atomic mass is 10.1. The number of halogens is 1. The minimum Gasteiger partial charge on any atom is -0.493 e. The first-order valence-corrected chi connectivity index (χ1v) is 8.23. The molecule has 0 spiro atoms. The van der Waals surface area contributed by atoms with Crippen molar-refractivity contribution in [2.45, 2.75) is 6.54 Å². The van der Waals surface area contributed by atoms with E-state index in [-0.39, 0.29) is 5.91 Å². The molecule has 2 aromatic carbocycles. The van der Waals surface area contributed by atoms with Crippen molar-refractivity contribution in [1.29, 1.82) is 0 Å². The molecule has 2 rings (SSSR count). The third-order valence-corrected chi connectivity index (χ3v) is 4.10. The Balaban J connectivity index is 2.09. The normalized spacial score (nSPS) is 10.7. The van der Waals surface area contributed by atoms with E-state index in [1.165, 1.54) is 0 Å². The van der Waals surface area contributed by atoms with Gasteiger partial charge in [0, 0.05) is 19.7 Å². The molecule has 0 fully saturated rings. The summed E-state index contributed by atoms with van der Waals surface area (Å²) in [6.45, 7) is 0.569. The van der Waals surface area contributed by atoms with Crippen LogP contribution < -0.4 is 9.47 Å². The van der Waals surface area contributed by atoms with E-state index in [0.717, 1.165) is 15.6 Å². The smallest absolute Gasteiger partial charge is 0.246 e. The lowest BCUT2D eigenvalue weighted by molar-refractivity contribution is -0.125. The number of ether oxygens (including phenoxy) is 2. The van der Waals surface area contributed by atoms with Crippen molar-refractivity contribution >= 4 is 27.9 Å². The molecule has 2 aromatic rings. The molecule has 0 N–H and O–H groups in total. The lowest BCUT2D eigenvalue weighted by Gasteiger charge is -2.15. The molecule has 4 nitrogen and oxygen atoms in total. The van der Waals surface area contributed by atoms with Crippen molar-refractivity contribution < 1.29 is 14.3 Å². The molecule has 24 heavy (non-hydrogen) atoms. The Labute approximate surface area is 150 Å². The van der Waals surface area contributed by atoms with Crippen LogP contribution in [0.1, 0.15) is 11.1 Å². The Morgan fingerprint density at radius 3 is 2.50 bits per heavy atom.